The van der Waals surface area contributed by atoms with Crippen LogP contribution < -0.4 is 11.1 Å². The van der Waals surface area contributed by atoms with Crippen LogP contribution in [0.15, 0.2) is 24.3 Å². The second-order valence-electron chi connectivity index (χ2n) is 5.44. The van der Waals surface area contributed by atoms with Gasteiger partial charge in [0.2, 0.25) is 5.91 Å². The van der Waals surface area contributed by atoms with Crippen LogP contribution in [0.2, 0.25) is 0 Å². The summed E-state index contributed by atoms with van der Waals surface area (Å²) in [5, 5.41) is 2.93. The number of amides is 1. The van der Waals surface area contributed by atoms with E-state index in [2.05, 4.69) is 43.4 Å². The average molecular weight is 262 g/mol. The average Bonchev–Trinajstić information content (AvgIpc) is 2.44. The van der Waals surface area contributed by atoms with E-state index >= 15 is 0 Å². The highest BCUT2D eigenvalue weighted by atomic mass is 16.2. The fourth-order valence-electron chi connectivity index (χ4n) is 1.95. The van der Waals surface area contributed by atoms with Crippen LogP contribution in [0.3, 0.4) is 0 Å². The van der Waals surface area contributed by atoms with E-state index in [1.165, 1.54) is 5.56 Å². The molecule has 1 rings (SSSR count). The molecular formula is C16H26N2O. The molecule has 1 aromatic rings. The fraction of sp³-hybridized carbons (Fsp3) is 0.562. The molecule has 0 fully saturated rings. The molecule has 0 aliphatic rings. The van der Waals surface area contributed by atoms with Gasteiger partial charge in [0.25, 0.3) is 0 Å². The lowest BCUT2D eigenvalue weighted by atomic mass is 9.93. The largest absolute Gasteiger partial charge is 0.350 e. The van der Waals surface area contributed by atoms with Gasteiger partial charge in [-0.25, -0.2) is 0 Å². The second-order valence-corrected chi connectivity index (χ2v) is 5.44. The minimum Gasteiger partial charge on any atom is -0.350 e. The first-order chi connectivity index (χ1) is 8.92. The number of benzene rings is 1. The predicted octanol–water partition coefficient (Wildman–Crippen LogP) is 2.94. The fourth-order valence-corrected chi connectivity index (χ4v) is 1.95. The van der Waals surface area contributed by atoms with Gasteiger partial charge in [-0.2, -0.15) is 0 Å². The summed E-state index contributed by atoms with van der Waals surface area (Å²) in [4.78, 5) is 12.0. The number of carbonyl (C=O) groups is 1. The summed E-state index contributed by atoms with van der Waals surface area (Å²) in [7, 11) is 0. The van der Waals surface area contributed by atoms with Crippen molar-refractivity contribution in [1.29, 1.82) is 0 Å². The van der Waals surface area contributed by atoms with Gasteiger partial charge in [0, 0.05) is 6.54 Å². The standard InChI is InChI=1S/C16H26N2O/c1-5-16(17,6-2)15(19)18-11-13-7-9-14(10-8-13)12(3)4/h7-10,12H,5-6,11,17H2,1-4H3,(H,18,19). The molecule has 1 amide bonds. The lowest BCUT2D eigenvalue weighted by molar-refractivity contribution is -0.126. The molecule has 0 saturated carbocycles. The number of nitrogens with two attached hydrogens (primary N) is 1. The van der Waals surface area contributed by atoms with Gasteiger partial charge in [0.1, 0.15) is 0 Å². The molecule has 0 unspecified atom stereocenters. The first-order valence-corrected chi connectivity index (χ1v) is 7.09. The highest BCUT2D eigenvalue weighted by Gasteiger charge is 2.29. The van der Waals surface area contributed by atoms with E-state index in [0.717, 1.165) is 5.56 Å². The zero-order valence-corrected chi connectivity index (χ0v) is 12.5. The number of rotatable bonds is 6. The van der Waals surface area contributed by atoms with E-state index in [0.29, 0.717) is 25.3 Å². The van der Waals surface area contributed by atoms with Gasteiger partial charge in [-0.15, -0.1) is 0 Å². The Balaban J connectivity index is 2.60. The molecule has 0 aliphatic heterocycles. The molecule has 1 aromatic carbocycles. The van der Waals surface area contributed by atoms with E-state index in [9.17, 15) is 4.79 Å². The molecule has 0 atom stereocenters. The zero-order valence-electron chi connectivity index (χ0n) is 12.5. The first-order valence-electron chi connectivity index (χ1n) is 7.09. The van der Waals surface area contributed by atoms with Crippen molar-refractivity contribution in [3.8, 4) is 0 Å². The van der Waals surface area contributed by atoms with Crippen LogP contribution in [-0.2, 0) is 11.3 Å². The lowest BCUT2D eigenvalue weighted by Crippen LogP contribution is -2.52. The first kappa shape index (κ1) is 15.7. The maximum atomic E-state index is 12.0. The van der Waals surface area contributed by atoms with Crippen molar-refractivity contribution in [1.82, 2.24) is 5.32 Å². The van der Waals surface area contributed by atoms with Gasteiger partial charge in [-0.3, -0.25) is 4.79 Å². The molecule has 0 aromatic heterocycles. The summed E-state index contributed by atoms with van der Waals surface area (Å²) >= 11 is 0. The third-order valence-corrected chi connectivity index (χ3v) is 3.81. The summed E-state index contributed by atoms with van der Waals surface area (Å²) in [5.41, 5.74) is 7.73. The third-order valence-electron chi connectivity index (χ3n) is 3.81. The van der Waals surface area contributed by atoms with Gasteiger partial charge < -0.3 is 11.1 Å². The number of carbonyl (C=O) groups excluding carboxylic acids is 1. The van der Waals surface area contributed by atoms with Crippen molar-refractivity contribution < 1.29 is 4.79 Å². The summed E-state index contributed by atoms with van der Waals surface area (Å²) in [5.74, 6) is 0.464. The van der Waals surface area contributed by atoms with Crippen molar-refractivity contribution in [3.63, 3.8) is 0 Å². The van der Waals surface area contributed by atoms with Gasteiger partial charge in [-0.05, 0) is 29.9 Å². The highest BCUT2D eigenvalue weighted by Crippen LogP contribution is 2.15. The lowest BCUT2D eigenvalue weighted by Gasteiger charge is -2.25. The number of hydrogen-bond donors (Lipinski definition) is 2. The second kappa shape index (κ2) is 6.71. The maximum Gasteiger partial charge on any atom is 0.240 e. The summed E-state index contributed by atoms with van der Waals surface area (Å²) < 4.78 is 0. The monoisotopic (exact) mass is 262 g/mol. The van der Waals surface area contributed by atoms with Crippen molar-refractivity contribution in [2.45, 2.75) is 58.5 Å². The number of nitrogens with one attached hydrogen (secondary N) is 1. The predicted molar refractivity (Wildman–Crippen MR) is 79.9 cm³/mol. The quantitative estimate of drug-likeness (QED) is 0.828. The van der Waals surface area contributed by atoms with Crippen LogP contribution in [0.25, 0.3) is 0 Å². The van der Waals surface area contributed by atoms with E-state index in [4.69, 9.17) is 5.73 Å². The molecule has 0 radical (unpaired) electrons. The topological polar surface area (TPSA) is 55.1 Å². The Hall–Kier alpha value is -1.35. The molecule has 3 nitrogen and oxygen atoms in total. The summed E-state index contributed by atoms with van der Waals surface area (Å²) in [6.07, 6.45) is 1.31. The Labute approximate surface area is 116 Å². The van der Waals surface area contributed by atoms with Crippen molar-refractivity contribution >= 4 is 5.91 Å². The van der Waals surface area contributed by atoms with Crippen molar-refractivity contribution in [2.24, 2.45) is 5.73 Å². The summed E-state index contributed by atoms with van der Waals surface area (Å²) in [6.45, 7) is 8.77. The SMILES string of the molecule is CCC(N)(CC)C(=O)NCc1ccc(C(C)C)cc1. The van der Waals surface area contributed by atoms with Gasteiger partial charge in [-0.1, -0.05) is 52.0 Å². The molecule has 0 heterocycles. The van der Waals surface area contributed by atoms with Crippen LogP contribution >= 0.6 is 0 Å². The molecular weight excluding hydrogens is 236 g/mol. The van der Waals surface area contributed by atoms with E-state index in [1.807, 2.05) is 13.8 Å². The van der Waals surface area contributed by atoms with Crippen LogP contribution in [0.5, 0.6) is 0 Å². The molecule has 0 bridgehead atoms. The minimum absolute atomic E-state index is 0.0644. The molecule has 0 saturated heterocycles. The smallest absolute Gasteiger partial charge is 0.240 e. The number of hydrogen-bond acceptors (Lipinski definition) is 2. The van der Waals surface area contributed by atoms with Crippen molar-refractivity contribution in [2.75, 3.05) is 0 Å². The Morgan fingerprint density at radius 3 is 2.16 bits per heavy atom. The van der Waals surface area contributed by atoms with Crippen LogP contribution in [0.4, 0.5) is 0 Å². The van der Waals surface area contributed by atoms with E-state index in [1.54, 1.807) is 0 Å². The third kappa shape index (κ3) is 4.06. The molecule has 19 heavy (non-hydrogen) atoms. The maximum absolute atomic E-state index is 12.0. The highest BCUT2D eigenvalue weighted by molar-refractivity contribution is 5.85. The van der Waals surface area contributed by atoms with Crippen LogP contribution in [0, 0.1) is 0 Å². The van der Waals surface area contributed by atoms with E-state index in [-0.39, 0.29) is 5.91 Å². The Bertz CT molecular complexity index is 405. The minimum atomic E-state index is -0.738. The molecule has 106 valence electrons. The van der Waals surface area contributed by atoms with Gasteiger partial charge in [0.15, 0.2) is 0 Å². The van der Waals surface area contributed by atoms with Crippen molar-refractivity contribution in [3.05, 3.63) is 35.4 Å². The van der Waals surface area contributed by atoms with Gasteiger partial charge >= 0.3 is 0 Å². The van der Waals surface area contributed by atoms with Gasteiger partial charge in [0.05, 0.1) is 5.54 Å². The summed E-state index contributed by atoms with van der Waals surface area (Å²) in [6, 6.07) is 8.35. The normalized spacial score (nSPS) is 11.7. The van der Waals surface area contributed by atoms with E-state index < -0.39 is 5.54 Å². The molecule has 3 N–H and O–H groups in total. The Kier molecular flexibility index (Phi) is 5.55. The van der Waals surface area contributed by atoms with Crippen LogP contribution in [-0.4, -0.2) is 11.4 Å². The zero-order chi connectivity index (χ0) is 14.5. The van der Waals surface area contributed by atoms with Crippen LogP contribution in [0.1, 0.15) is 57.6 Å². The Morgan fingerprint density at radius 2 is 1.74 bits per heavy atom. The molecule has 0 spiro atoms. The molecule has 3 heteroatoms. The Morgan fingerprint density at radius 1 is 1.21 bits per heavy atom. The molecule has 0 aliphatic carbocycles.